The molecule has 2 heterocycles. The Bertz CT molecular complexity index is 494. The van der Waals surface area contributed by atoms with E-state index in [1.807, 2.05) is 6.92 Å². The van der Waals surface area contributed by atoms with Gasteiger partial charge in [-0.25, -0.2) is 13.1 Å². The summed E-state index contributed by atoms with van der Waals surface area (Å²) in [5.74, 6) is 0. The minimum atomic E-state index is -3.54. The molecule has 0 bridgehead atoms. The number of hydrogen-bond donors (Lipinski definition) is 1. The molecule has 1 aliphatic heterocycles. The normalized spacial score (nSPS) is 22.9. The standard InChI is InChI=1S/C8H14BrN5O2S/c1-6-5-10-3-4-14(6)17(15,16)8-7(9)11-12-13(8)2/h6,10H,3-5H2,1-2H3/t6-/m1/s1. The van der Waals surface area contributed by atoms with Gasteiger partial charge in [0.05, 0.1) is 0 Å². The van der Waals surface area contributed by atoms with Crippen LogP contribution in [0, 0.1) is 0 Å². The molecule has 1 aromatic rings. The SMILES string of the molecule is C[C@@H]1CNCCN1S(=O)(=O)c1c(Br)nnn1C. The summed E-state index contributed by atoms with van der Waals surface area (Å²) in [6, 6.07) is -0.0736. The molecule has 1 fully saturated rings. The van der Waals surface area contributed by atoms with Crippen molar-refractivity contribution in [2.75, 3.05) is 19.6 Å². The summed E-state index contributed by atoms with van der Waals surface area (Å²) in [6.07, 6.45) is 0. The van der Waals surface area contributed by atoms with Crippen molar-refractivity contribution in [3.8, 4) is 0 Å². The van der Waals surface area contributed by atoms with Crippen LogP contribution in [-0.2, 0) is 17.1 Å². The summed E-state index contributed by atoms with van der Waals surface area (Å²) in [4.78, 5) is 0. The molecular formula is C8H14BrN5O2S. The van der Waals surface area contributed by atoms with Crippen LogP contribution in [0.5, 0.6) is 0 Å². The van der Waals surface area contributed by atoms with E-state index in [9.17, 15) is 8.42 Å². The summed E-state index contributed by atoms with van der Waals surface area (Å²) >= 11 is 3.12. The van der Waals surface area contributed by atoms with Crippen molar-refractivity contribution in [2.45, 2.75) is 18.0 Å². The van der Waals surface area contributed by atoms with E-state index in [1.165, 1.54) is 8.99 Å². The molecule has 17 heavy (non-hydrogen) atoms. The molecule has 0 spiro atoms. The number of hydrogen-bond acceptors (Lipinski definition) is 5. The average Bonchev–Trinajstić information content (AvgIpc) is 2.59. The van der Waals surface area contributed by atoms with Crippen LogP contribution in [0.3, 0.4) is 0 Å². The van der Waals surface area contributed by atoms with Gasteiger partial charge in [0, 0.05) is 32.7 Å². The Hall–Kier alpha value is -0.510. The lowest BCUT2D eigenvalue weighted by Crippen LogP contribution is -2.52. The maximum absolute atomic E-state index is 12.5. The quantitative estimate of drug-likeness (QED) is 0.798. The van der Waals surface area contributed by atoms with Crippen molar-refractivity contribution in [1.29, 1.82) is 0 Å². The molecule has 1 aliphatic rings. The largest absolute Gasteiger partial charge is 0.314 e. The highest BCUT2D eigenvalue weighted by atomic mass is 79.9. The second-order valence-electron chi connectivity index (χ2n) is 3.98. The second kappa shape index (κ2) is 4.63. The first-order valence-electron chi connectivity index (χ1n) is 5.22. The van der Waals surface area contributed by atoms with E-state index >= 15 is 0 Å². The molecule has 1 atom stereocenters. The average molecular weight is 324 g/mol. The van der Waals surface area contributed by atoms with E-state index < -0.39 is 10.0 Å². The van der Waals surface area contributed by atoms with Gasteiger partial charge >= 0.3 is 0 Å². The van der Waals surface area contributed by atoms with Gasteiger partial charge in [0.1, 0.15) is 0 Å². The molecule has 1 saturated heterocycles. The van der Waals surface area contributed by atoms with Crippen LogP contribution in [0.1, 0.15) is 6.92 Å². The zero-order valence-corrected chi connectivity index (χ0v) is 12.0. The predicted octanol–water partition coefficient (Wildman–Crippen LogP) is -0.440. The van der Waals surface area contributed by atoms with E-state index in [2.05, 4.69) is 31.6 Å². The van der Waals surface area contributed by atoms with Crippen molar-refractivity contribution < 1.29 is 8.42 Å². The smallest absolute Gasteiger partial charge is 0.263 e. The highest BCUT2D eigenvalue weighted by Gasteiger charge is 2.35. The third kappa shape index (κ3) is 2.24. The number of rotatable bonds is 2. The Balaban J connectivity index is 2.42. The zero-order chi connectivity index (χ0) is 12.6. The molecule has 1 N–H and O–H groups in total. The lowest BCUT2D eigenvalue weighted by Gasteiger charge is -2.32. The van der Waals surface area contributed by atoms with Crippen molar-refractivity contribution in [3.63, 3.8) is 0 Å². The van der Waals surface area contributed by atoms with Gasteiger partial charge in [0.2, 0.25) is 5.03 Å². The number of aryl methyl sites for hydroxylation is 1. The minimum Gasteiger partial charge on any atom is -0.314 e. The van der Waals surface area contributed by atoms with E-state index in [-0.39, 0.29) is 15.7 Å². The first-order valence-corrected chi connectivity index (χ1v) is 7.45. The zero-order valence-electron chi connectivity index (χ0n) is 9.59. The first kappa shape index (κ1) is 12.9. The van der Waals surface area contributed by atoms with Crippen LogP contribution < -0.4 is 5.32 Å². The van der Waals surface area contributed by atoms with Gasteiger partial charge in [-0.05, 0) is 22.9 Å². The lowest BCUT2D eigenvalue weighted by atomic mass is 10.3. The van der Waals surface area contributed by atoms with E-state index in [4.69, 9.17) is 0 Å². The fourth-order valence-corrected chi connectivity index (χ4v) is 4.55. The topological polar surface area (TPSA) is 80.1 Å². The first-order chi connectivity index (χ1) is 7.94. The lowest BCUT2D eigenvalue weighted by molar-refractivity contribution is 0.282. The number of nitrogens with one attached hydrogen (secondary N) is 1. The maximum Gasteiger partial charge on any atom is 0.263 e. The highest BCUT2D eigenvalue weighted by Crippen LogP contribution is 2.24. The molecule has 0 amide bonds. The number of sulfonamides is 1. The van der Waals surface area contributed by atoms with Crippen LogP contribution in [0.15, 0.2) is 9.63 Å². The van der Waals surface area contributed by atoms with Gasteiger partial charge in [-0.1, -0.05) is 5.21 Å². The number of halogens is 1. The van der Waals surface area contributed by atoms with E-state index in [0.29, 0.717) is 19.6 Å². The van der Waals surface area contributed by atoms with Gasteiger partial charge in [-0.2, -0.15) is 4.31 Å². The Morgan fingerprint density at radius 1 is 1.53 bits per heavy atom. The second-order valence-corrected chi connectivity index (χ2v) is 6.53. The molecule has 2 rings (SSSR count). The predicted molar refractivity (Wildman–Crippen MR) is 64.9 cm³/mol. The third-order valence-electron chi connectivity index (χ3n) is 2.73. The van der Waals surface area contributed by atoms with Crippen LogP contribution in [0.4, 0.5) is 0 Å². The number of piperazine rings is 1. The van der Waals surface area contributed by atoms with Crippen molar-refractivity contribution in [2.24, 2.45) is 7.05 Å². The third-order valence-corrected chi connectivity index (χ3v) is 5.63. The Morgan fingerprint density at radius 2 is 2.24 bits per heavy atom. The van der Waals surface area contributed by atoms with Crippen LogP contribution in [0.2, 0.25) is 0 Å². The Labute approximate surface area is 108 Å². The molecule has 0 radical (unpaired) electrons. The van der Waals surface area contributed by atoms with E-state index in [1.54, 1.807) is 7.05 Å². The van der Waals surface area contributed by atoms with Crippen LogP contribution in [-0.4, -0.2) is 53.4 Å². The maximum atomic E-state index is 12.5. The molecule has 0 saturated carbocycles. The summed E-state index contributed by atoms with van der Waals surface area (Å²) in [7, 11) is -1.98. The minimum absolute atomic E-state index is 0.0736. The summed E-state index contributed by atoms with van der Waals surface area (Å²) in [5, 5.41) is 10.7. The van der Waals surface area contributed by atoms with E-state index in [0.717, 1.165) is 0 Å². The number of aromatic nitrogens is 3. The van der Waals surface area contributed by atoms with Gasteiger partial charge < -0.3 is 5.32 Å². The fourth-order valence-electron chi connectivity index (χ4n) is 1.89. The summed E-state index contributed by atoms with van der Waals surface area (Å²) in [5.41, 5.74) is 0. The van der Waals surface area contributed by atoms with Gasteiger partial charge in [0.25, 0.3) is 10.0 Å². The molecule has 0 aromatic carbocycles. The van der Waals surface area contributed by atoms with Crippen molar-refractivity contribution in [3.05, 3.63) is 4.60 Å². The molecule has 0 unspecified atom stereocenters. The highest BCUT2D eigenvalue weighted by molar-refractivity contribution is 9.10. The van der Waals surface area contributed by atoms with Gasteiger partial charge in [-0.15, -0.1) is 5.10 Å². The van der Waals surface area contributed by atoms with Gasteiger partial charge in [0.15, 0.2) is 4.60 Å². The van der Waals surface area contributed by atoms with Crippen molar-refractivity contribution >= 4 is 26.0 Å². The summed E-state index contributed by atoms with van der Waals surface area (Å²) < 4.78 is 27.9. The fraction of sp³-hybridized carbons (Fsp3) is 0.750. The Morgan fingerprint density at radius 3 is 2.76 bits per heavy atom. The van der Waals surface area contributed by atoms with Crippen LogP contribution >= 0.6 is 15.9 Å². The van der Waals surface area contributed by atoms with Crippen molar-refractivity contribution in [1.82, 2.24) is 24.6 Å². The molecule has 96 valence electrons. The monoisotopic (exact) mass is 323 g/mol. The summed E-state index contributed by atoms with van der Waals surface area (Å²) in [6.45, 7) is 3.65. The molecule has 1 aromatic heterocycles. The van der Waals surface area contributed by atoms with Gasteiger partial charge in [-0.3, -0.25) is 0 Å². The molecule has 9 heteroatoms. The molecule has 0 aliphatic carbocycles. The molecule has 7 nitrogen and oxygen atoms in total. The van der Waals surface area contributed by atoms with Crippen LogP contribution in [0.25, 0.3) is 0 Å². The number of nitrogens with zero attached hydrogens (tertiary/aromatic N) is 4. The Kier molecular flexibility index (Phi) is 3.53. The molecular weight excluding hydrogens is 310 g/mol.